The number of nitrogens with zero attached hydrogens (tertiary/aromatic N) is 1. The number of carbonyl (C=O) groups excluding carboxylic acids is 1. The highest BCUT2D eigenvalue weighted by atomic mass is 16.7. The zero-order chi connectivity index (χ0) is 21.0. The summed E-state index contributed by atoms with van der Waals surface area (Å²) in [5.74, 6) is 1.35. The van der Waals surface area contributed by atoms with Crippen molar-refractivity contribution >= 4 is 16.8 Å². The van der Waals surface area contributed by atoms with Gasteiger partial charge in [0.2, 0.25) is 12.7 Å². The normalized spacial score (nSPS) is 17.0. The summed E-state index contributed by atoms with van der Waals surface area (Å²) in [5.41, 5.74) is 3.12. The summed E-state index contributed by atoms with van der Waals surface area (Å²) >= 11 is 0. The maximum absolute atomic E-state index is 13.0. The van der Waals surface area contributed by atoms with Crippen LogP contribution in [-0.4, -0.2) is 62.0 Å². The lowest BCUT2D eigenvalue weighted by Gasteiger charge is -2.26. The first-order chi connectivity index (χ1) is 15.3. The quantitative estimate of drug-likeness (QED) is 0.614. The van der Waals surface area contributed by atoms with Crippen molar-refractivity contribution in [2.24, 2.45) is 0 Å². The fourth-order valence-electron chi connectivity index (χ4n) is 4.43. The molecular weight excluding hydrogens is 394 g/mol. The van der Waals surface area contributed by atoms with Gasteiger partial charge in [0, 0.05) is 61.2 Å². The lowest BCUT2D eigenvalue weighted by Crippen LogP contribution is -2.41. The Morgan fingerprint density at radius 3 is 2.84 bits per heavy atom. The Bertz CT molecular complexity index is 1060. The minimum atomic E-state index is -0.142. The Morgan fingerprint density at radius 2 is 1.94 bits per heavy atom. The Labute approximate surface area is 181 Å². The van der Waals surface area contributed by atoms with E-state index in [0.717, 1.165) is 66.4 Å². The minimum Gasteiger partial charge on any atom is -0.454 e. The Morgan fingerprint density at radius 1 is 1.06 bits per heavy atom. The molecular formula is C24H27N3O4. The van der Waals surface area contributed by atoms with Crippen LogP contribution >= 0.6 is 0 Å². The zero-order valence-corrected chi connectivity index (χ0v) is 17.4. The summed E-state index contributed by atoms with van der Waals surface area (Å²) in [5, 5.41) is 4.22. The number of aromatic nitrogens is 1. The van der Waals surface area contributed by atoms with Crippen LogP contribution < -0.4 is 14.8 Å². The first-order valence-electron chi connectivity index (χ1n) is 10.8. The number of nitrogens with one attached hydrogen (secondary N) is 2. The molecule has 2 aromatic carbocycles. The molecule has 31 heavy (non-hydrogen) atoms. The van der Waals surface area contributed by atoms with Gasteiger partial charge in [0.25, 0.3) is 0 Å². The molecule has 7 nitrogen and oxygen atoms in total. The van der Waals surface area contributed by atoms with Gasteiger partial charge in [-0.25, -0.2) is 0 Å². The van der Waals surface area contributed by atoms with Gasteiger partial charge < -0.3 is 24.5 Å². The Hall–Kier alpha value is -3.03. The minimum absolute atomic E-state index is 0.0278. The second kappa shape index (κ2) is 8.99. The van der Waals surface area contributed by atoms with Crippen molar-refractivity contribution in [1.82, 2.24) is 15.2 Å². The smallest absolute Gasteiger partial charge is 0.231 e. The van der Waals surface area contributed by atoms with Crippen molar-refractivity contribution in [3.8, 4) is 11.5 Å². The van der Waals surface area contributed by atoms with Gasteiger partial charge >= 0.3 is 0 Å². The summed E-state index contributed by atoms with van der Waals surface area (Å²) in [6.07, 6.45) is 2.34. The number of carbonyl (C=O) groups is 1. The number of fused-ring (bicyclic) bond motifs is 2. The molecule has 0 saturated carbocycles. The van der Waals surface area contributed by atoms with E-state index in [9.17, 15) is 4.79 Å². The Balaban J connectivity index is 1.37. The molecule has 1 fully saturated rings. The summed E-state index contributed by atoms with van der Waals surface area (Å²) in [4.78, 5) is 18.6. The van der Waals surface area contributed by atoms with Gasteiger partial charge in [0.05, 0.1) is 13.2 Å². The molecule has 1 aromatic heterocycles. The number of morpholine rings is 1. The highest BCUT2D eigenvalue weighted by Crippen LogP contribution is 2.44. The van der Waals surface area contributed by atoms with Crippen LogP contribution in [-0.2, 0) is 9.53 Å². The van der Waals surface area contributed by atoms with Crippen LogP contribution in [0.25, 0.3) is 10.9 Å². The molecule has 2 N–H and O–H groups in total. The molecule has 2 aliphatic heterocycles. The number of benzene rings is 2. The number of aromatic amines is 1. The number of amides is 1. The zero-order valence-electron chi connectivity index (χ0n) is 17.4. The lowest BCUT2D eigenvalue weighted by atomic mass is 9.87. The van der Waals surface area contributed by atoms with Crippen LogP contribution in [0.15, 0.2) is 48.7 Å². The molecule has 3 aromatic rings. The van der Waals surface area contributed by atoms with Crippen LogP contribution in [0.5, 0.6) is 11.5 Å². The van der Waals surface area contributed by atoms with E-state index in [-0.39, 0.29) is 18.6 Å². The highest BCUT2D eigenvalue weighted by molar-refractivity contribution is 5.86. The van der Waals surface area contributed by atoms with E-state index in [2.05, 4.69) is 21.3 Å². The lowest BCUT2D eigenvalue weighted by molar-refractivity contribution is -0.121. The molecule has 0 bridgehead atoms. The van der Waals surface area contributed by atoms with Crippen molar-refractivity contribution in [3.63, 3.8) is 0 Å². The molecule has 0 radical (unpaired) electrons. The van der Waals surface area contributed by atoms with Crippen LogP contribution in [0.3, 0.4) is 0 Å². The van der Waals surface area contributed by atoms with Crippen LogP contribution in [0, 0.1) is 0 Å². The fourth-order valence-corrected chi connectivity index (χ4v) is 4.43. The van der Waals surface area contributed by atoms with E-state index in [0.29, 0.717) is 13.0 Å². The molecule has 162 valence electrons. The Kier molecular flexibility index (Phi) is 5.78. The van der Waals surface area contributed by atoms with Gasteiger partial charge in [-0.15, -0.1) is 0 Å². The molecule has 0 aliphatic carbocycles. The largest absolute Gasteiger partial charge is 0.454 e. The van der Waals surface area contributed by atoms with E-state index in [1.54, 1.807) is 0 Å². The summed E-state index contributed by atoms with van der Waals surface area (Å²) < 4.78 is 16.8. The van der Waals surface area contributed by atoms with Crippen molar-refractivity contribution in [3.05, 3.63) is 59.8 Å². The maximum atomic E-state index is 13.0. The molecule has 1 saturated heterocycles. The third-order valence-corrected chi connectivity index (χ3v) is 6.04. The second-order valence-electron chi connectivity index (χ2n) is 7.93. The average Bonchev–Trinajstić information content (AvgIpc) is 3.45. The molecule has 0 spiro atoms. The SMILES string of the molecule is O=C(C[C@@H](c1cccc2c1OCO2)c1c[nH]c2ccccc12)NCCN1CCOCC1. The van der Waals surface area contributed by atoms with Crippen LogP contribution in [0.2, 0.25) is 0 Å². The van der Waals surface area contributed by atoms with Crippen molar-refractivity contribution < 1.29 is 19.0 Å². The van der Waals surface area contributed by atoms with E-state index in [4.69, 9.17) is 14.2 Å². The summed E-state index contributed by atoms with van der Waals surface area (Å²) in [6.45, 7) is 5.04. The molecule has 3 heterocycles. The van der Waals surface area contributed by atoms with Gasteiger partial charge in [0.1, 0.15) is 0 Å². The monoisotopic (exact) mass is 421 g/mol. The van der Waals surface area contributed by atoms with Gasteiger partial charge in [-0.3, -0.25) is 9.69 Å². The number of hydrogen-bond donors (Lipinski definition) is 2. The number of rotatable bonds is 7. The van der Waals surface area contributed by atoms with Gasteiger partial charge in [-0.05, 0) is 17.7 Å². The van der Waals surface area contributed by atoms with E-state index in [1.165, 1.54) is 0 Å². The first-order valence-corrected chi connectivity index (χ1v) is 10.8. The number of ether oxygens (including phenoxy) is 3. The first kappa shape index (κ1) is 19.9. The summed E-state index contributed by atoms with van der Waals surface area (Å²) in [7, 11) is 0. The average molecular weight is 421 g/mol. The van der Waals surface area contributed by atoms with Gasteiger partial charge in [-0.1, -0.05) is 30.3 Å². The van der Waals surface area contributed by atoms with Crippen molar-refractivity contribution in [2.75, 3.05) is 46.2 Å². The highest BCUT2D eigenvalue weighted by Gasteiger charge is 2.28. The van der Waals surface area contributed by atoms with E-state index >= 15 is 0 Å². The van der Waals surface area contributed by atoms with Gasteiger partial charge in [-0.2, -0.15) is 0 Å². The van der Waals surface area contributed by atoms with Crippen LogP contribution in [0.4, 0.5) is 0 Å². The molecule has 0 unspecified atom stereocenters. The van der Waals surface area contributed by atoms with E-state index in [1.807, 2.05) is 42.6 Å². The van der Waals surface area contributed by atoms with Crippen LogP contribution in [0.1, 0.15) is 23.5 Å². The third-order valence-electron chi connectivity index (χ3n) is 6.04. The molecule has 2 aliphatic rings. The van der Waals surface area contributed by atoms with Gasteiger partial charge in [0.15, 0.2) is 11.5 Å². The topological polar surface area (TPSA) is 75.8 Å². The third kappa shape index (κ3) is 4.24. The predicted molar refractivity (Wildman–Crippen MR) is 118 cm³/mol. The van der Waals surface area contributed by atoms with E-state index < -0.39 is 0 Å². The fraction of sp³-hybridized carbons (Fsp3) is 0.375. The molecule has 1 amide bonds. The second-order valence-corrected chi connectivity index (χ2v) is 7.93. The summed E-state index contributed by atoms with van der Waals surface area (Å²) in [6, 6.07) is 14.1. The number of para-hydroxylation sites is 2. The standard InChI is InChI=1S/C24H27N3O4/c28-23(25-8-9-27-10-12-29-13-11-27)14-19(18-5-3-7-22-24(18)31-16-30-22)20-15-26-21-6-2-1-4-17(20)21/h1-7,15,19,26H,8-14,16H2,(H,25,28)/t19-/m0/s1. The van der Waals surface area contributed by atoms with Crippen molar-refractivity contribution in [2.45, 2.75) is 12.3 Å². The molecule has 1 atom stereocenters. The maximum Gasteiger partial charge on any atom is 0.231 e. The molecule has 5 rings (SSSR count). The molecule has 7 heteroatoms. The van der Waals surface area contributed by atoms with Crippen molar-refractivity contribution in [1.29, 1.82) is 0 Å². The number of hydrogen-bond acceptors (Lipinski definition) is 5. The predicted octanol–water partition coefficient (Wildman–Crippen LogP) is 2.87. The number of H-pyrrole nitrogens is 1.